The first-order valence-electron chi connectivity index (χ1n) is 5.76. The molecular formula is C14H16FNS. The summed E-state index contributed by atoms with van der Waals surface area (Å²) in [6.45, 7) is 5.51. The lowest BCUT2D eigenvalue weighted by atomic mass is 10.1. The van der Waals surface area contributed by atoms with Crippen LogP contribution in [0.2, 0.25) is 0 Å². The summed E-state index contributed by atoms with van der Waals surface area (Å²) in [4.78, 5) is 1.15. The Morgan fingerprint density at radius 2 is 2.12 bits per heavy atom. The minimum Gasteiger partial charge on any atom is -0.313 e. The molecule has 1 aromatic heterocycles. The third-order valence-corrected chi connectivity index (χ3v) is 3.81. The van der Waals surface area contributed by atoms with Gasteiger partial charge in [-0.25, -0.2) is 4.39 Å². The van der Waals surface area contributed by atoms with Crippen LogP contribution >= 0.6 is 11.3 Å². The zero-order chi connectivity index (χ0) is 12.3. The third kappa shape index (κ3) is 2.73. The molecule has 0 atom stereocenters. The van der Waals surface area contributed by atoms with Gasteiger partial charge in [-0.05, 0) is 42.1 Å². The van der Waals surface area contributed by atoms with E-state index in [9.17, 15) is 4.39 Å². The van der Waals surface area contributed by atoms with Crippen molar-refractivity contribution >= 4 is 11.3 Å². The second kappa shape index (κ2) is 5.43. The molecule has 1 heterocycles. The van der Waals surface area contributed by atoms with Crippen LogP contribution in [0.15, 0.2) is 29.6 Å². The smallest absolute Gasteiger partial charge is 0.128 e. The van der Waals surface area contributed by atoms with Crippen LogP contribution in [0.25, 0.3) is 10.4 Å². The van der Waals surface area contributed by atoms with Gasteiger partial charge >= 0.3 is 0 Å². The lowest BCUT2D eigenvalue weighted by Crippen LogP contribution is -2.12. The third-order valence-electron chi connectivity index (χ3n) is 2.74. The molecule has 1 nitrogen and oxygen atoms in total. The second-order valence-electron chi connectivity index (χ2n) is 4.02. The Labute approximate surface area is 105 Å². The molecule has 0 aliphatic heterocycles. The average molecular weight is 249 g/mol. The van der Waals surface area contributed by atoms with Gasteiger partial charge in [0.15, 0.2) is 0 Å². The normalized spacial score (nSPS) is 10.8. The van der Waals surface area contributed by atoms with Crippen LogP contribution < -0.4 is 5.32 Å². The van der Waals surface area contributed by atoms with Gasteiger partial charge in [-0.3, -0.25) is 0 Å². The van der Waals surface area contributed by atoms with Crippen LogP contribution in [-0.4, -0.2) is 6.54 Å². The number of hydrogen-bond acceptors (Lipinski definition) is 2. The molecule has 0 saturated carbocycles. The predicted octanol–water partition coefficient (Wildman–Crippen LogP) is 3.97. The maximum absolute atomic E-state index is 13.9. The first-order chi connectivity index (χ1) is 8.22. The highest BCUT2D eigenvalue weighted by Gasteiger charge is 2.07. The molecule has 0 spiro atoms. The Hall–Kier alpha value is -1.19. The van der Waals surface area contributed by atoms with E-state index in [-0.39, 0.29) is 5.82 Å². The molecule has 1 N–H and O–H groups in total. The van der Waals surface area contributed by atoms with Gasteiger partial charge in [0.25, 0.3) is 0 Å². The van der Waals surface area contributed by atoms with Crippen molar-refractivity contribution in [3.05, 3.63) is 46.6 Å². The molecule has 0 saturated heterocycles. The Balaban J connectivity index is 2.28. The molecule has 17 heavy (non-hydrogen) atoms. The number of halogens is 1. The van der Waals surface area contributed by atoms with E-state index >= 15 is 0 Å². The van der Waals surface area contributed by atoms with E-state index in [2.05, 4.69) is 18.3 Å². The Kier molecular flexibility index (Phi) is 3.92. The highest BCUT2D eigenvalue weighted by Crippen LogP contribution is 2.30. The Bertz CT molecular complexity index is 505. The quantitative estimate of drug-likeness (QED) is 0.864. The highest BCUT2D eigenvalue weighted by atomic mass is 32.1. The molecular weight excluding hydrogens is 233 g/mol. The molecule has 0 bridgehead atoms. The van der Waals surface area contributed by atoms with Crippen LogP contribution in [0.3, 0.4) is 0 Å². The number of aryl methyl sites for hydroxylation is 1. The minimum absolute atomic E-state index is 0.128. The molecule has 3 heteroatoms. The number of nitrogens with one attached hydrogen (secondary N) is 1. The molecule has 0 fully saturated rings. The second-order valence-corrected chi connectivity index (χ2v) is 4.94. The fourth-order valence-electron chi connectivity index (χ4n) is 1.76. The molecule has 2 rings (SSSR count). The van der Waals surface area contributed by atoms with Gasteiger partial charge in [0.05, 0.1) is 0 Å². The fraction of sp³-hybridized carbons (Fsp3) is 0.286. The Morgan fingerprint density at radius 1 is 1.29 bits per heavy atom. The van der Waals surface area contributed by atoms with Gasteiger partial charge in [0.1, 0.15) is 5.82 Å². The van der Waals surface area contributed by atoms with Crippen molar-refractivity contribution in [2.45, 2.75) is 20.4 Å². The minimum atomic E-state index is -0.128. The van der Waals surface area contributed by atoms with Crippen LogP contribution in [0, 0.1) is 12.7 Å². The molecule has 0 unspecified atom stereocenters. The topological polar surface area (TPSA) is 12.0 Å². The van der Waals surface area contributed by atoms with E-state index in [0.717, 1.165) is 22.5 Å². The summed E-state index contributed by atoms with van der Waals surface area (Å²) in [5.41, 5.74) is 2.90. The van der Waals surface area contributed by atoms with Crippen LogP contribution in [0.4, 0.5) is 4.39 Å². The average Bonchev–Trinajstić information content (AvgIpc) is 2.74. The first kappa shape index (κ1) is 12.3. The van der Waals surface area contributed by atoms with E-state index in [0.29, 0.717) is 6.54 Å². The molecule has 2 aromatic rings. The van der Waals surface area contributed by atoms with E-state index in [4.69, 9.17) is 0 Å². The summed E-state index contributed by atoms with van der Waals surface area (Å²) in [5, 5.41) is 5.17. The fourth-order valence-corrected chi connectivity index (χ4v) is 2.69. The van der Waals surface area contributed by atoms with E-state index in [1.165, 1.54) is 5.56 Å². The molecule has 0 radical (unpaired) electrons. The van der Waals surface area contributed by atoms with Crippen molar-refractivity contribution in [1.82, 2.24) is 5.32 Å². The number of rotatable bonds is 4. The van der Waals surface area contributed by atoms with Crippen molar-refractivity contribution in [1.29, 1.82) is 0 Å². The van der Waals surface area contributed by atoms with Gasteiger partial charge in [0.2, 0.25) is 0 Å². The summed E-state index contributed by atoms with van der Waals surface area (Å²) in [6.07, 6.45) is 0. The summed E-state index contributed by atoms with van der Waals surface area (Å²) < 4.78 is 13.9. The molecule has 0 amide bonds. The van der Waals surface area contributed by atoms with E-state index in [1.807, 2.05) is 24.4 Å². The van der Waals surface area contributed by atoms with Crippen LogP contribution in [0.5, 0.6) is 0 Å². The van der Waals surface area contributed by atoms with Gasteiger partial charge in [-0.1, -0.05) is 19.1 Å². The zero-order valence-electron chi connectivity index (χ0n) is 10.1. The van der Waals surface area contributed by atoms with Crippen LogP contribution in [-0.2, 0) is 6.54 Å². The molecule has 0 aliphatic carbocycles. The van der Waals surface area contributed by atoms with Gasteiger partial charge in [0, 0.05) is 17.0 Å². The van der Waals surface area contributed by atoms with Crippen molar-refractivity contribution < 1.29 is 4.39 Å². The summed E-state index contributed by atoms with van der Waals surface area (Å²) in [7, 11) is 0. The maximum Gasteiger partial charge on any atom is 0.128 e. The van der Waals surface area contributed by atoms with Gasteiger partial charge < -0.3 is 5.32 Å². The number of benzene rings is 1. The van der Waals surface area contributed by atoms with Crippen molar-refractivity contribution in [3.8, 4) is 10.4 Å². The Morgan fingerprint density at radius 3 is 2.71 bits per heavy atom. The largest absolute Gasteiger partial charge is 0.313 e. The number of hydrogen-bond donors (Lipinski definition) is 1. The molecule has 90 valence electrons. The lowest BCUT2D eigenvalue weighted by molar-refractivity contribution is 0.594. The zero-order valence-corrected chi connectivity index (χ0v) is 10.9. The highest BCUT2D eigenvalue weighted by molar-refractivity contribution is 7.13. The summed E-state index contributed by atoms with van der Waals surface area (Å²) in [5.74, 6) is -0.128. The maximum atomic E-state index is 13.9. The first-order valence-corrected chi connectivity index (χ1v) is 6.64. The lowest BCUT2D eigenvalue weighted by Gasteiger charge is -2.06. The van der Waals surface area contributed by atoms with E-state index in [1.54, 1.807) is 17.4 Å². The summed E-state index contributed by atoms with van der Waals surface area (Å²) >= 11 is 1.65. The van der Waals surface area contributed by atoms with Crippen LogP contribution in [0.1, 0.15) is 18.1 Å². The van der Waals surface area contributed by atoms with Crippen molar-refractivity contribution in [3.63, 3.8) is 0 Å². The van der Waals surface area contributed by atoms with Crippen molar-refractivity contribution in [2.24, 2.45) is 0 Å². The molecule has 0 aliphatic rings. The van der Waals surface area contributed by atoms with E-state index < -0.39 is 0 Å². The number of thiophene rings is 1. The summed E-state index contributed by atoms with van der Waals surface area (Å²) in [6, 6.07) is 7.55. The standard InChI is InChI=1S/C14H16FNS/c1-3-16-9-12-5-4-11(8-13(12)15)14-10(2)6-7-17-14/h4-8,16H,3,9H2,1-2H3. The molecule has 1 aromatic carbocycles. The SMILES string of the molecule is CCNCc1ccc(-c2sccc2C)cc1F. The van der Waals surface area contributed by atoms with Crippen molar-refractivity contribution in [2.75, 3.05) is 6.54 Å². The van der Waals surface area contributed by atoms with Gasteiger partial charge in [-0.15, -0.1) is 11.3 Å². The monoisotopic (exact) mass is 249 g/mol. The van der Waals surface area contributed by atoms with Gasteiger partial charge in [-0.2, -0.15) is 0 Å². The predicted molar refractivity (Wildman–Crippen MR) is 71.8 cm³/mol.